The number of nitrogens with zero attached hydrogens (tertiary/aromatic N) is 1. The molecule has 0 atom stereocenters. The Morgan fingerprint density at radius 3 is 2.81 bits per heavy atom. The largest absolute Gasteiger partial charge is 0.462 e. The van der Waals surface area contributed by atoms with Gasteiger partial charge in [0.25, 0.3) is 0 Å². The highest BCUT2D eigenvalue weighted by molar-refractivity contribution is 6.30. The van der Waals surface area contributed by atoms with Crippen LogP contribution < -0.4 is 0 Å². The fraction of sp³-hybridized carbons (Fsp3) is 0.417. The molecule has 0 unspecified atom stereocenters. The molecule has 1 rings (SSSR count). The molecule has 0 radical (unpaired) electrons. The quantitative estimate of drug-likeness (QED) is 0.586. The van der Waals surface area contributed by atoms with Crippen molar-refractivity contribution < 1.29 is 9.53 Å². The standard InChI is InChI=1S/C12H16ClNO2/c1-14(2)7-4-8-16-12(15)10-5-3-6-11(13)9-10/h3,5-6,9H,4,7-8H2,1-2H3. The molecule has 0 aliphatic carbocycles. The zero-order valence-electron chi connectivity index (χ0n) is 9.57. The Labute approximate surface area is 101 Å². The molecule has 0 bridgehead atoms. The number of ether oxygens (including phenoxy) is 1. The van der Waals surface area contributed by atoms with Crippen molar-refractivity contribution in [1.29, 1.82) is 0 Å². The van der Waals surface area contributed by atoms with Crippen LogP contribution in [0.2, 0.25) is 5.02 Å². The monoisotopic (exact) mass is 241 g/mol. The van der Waals surface area contributed by atoms with E-state index in [1.165, 1.54) is 0 Å². The summed E-state index contributed by atoms with van der Waals surface area (Å²) in [6, 6.07) is 6.76. The number of rotatable bonds is 5. The molecule has 3 nitrogen and oxygen atoms in total. The number of benzene rings is 1. The number of hydrogen-bond donors (Lipinski definition) is 0. The maximum atomic E-state index is 11.5. The van der Waals surface area contributed by atoms with Crippen LogP contribution in [0.1, 0.15) is 16.8 Å². The predicted molar refractivity (Wildman–Crippen MR) is 64.9 cm³/mol. The molecule has 1 aromatic carbocycles. The van der Waals surface area contributed by atoms with Gasteiger partial charge < -0.3 is 9.64 Å². The molecule has 0 aliphatic heterocycles. The van der Waals surface area contributed by atoms with Crippen LogP contribution >= 0.6 is 11.6 Å². The highest BCUT2D eigenvalue weighted by Crippen LogP contribution is 2.11. The lowest BCUT2D eigenvalue weighted by molar-refractivity contribution is 0.0493. The summed E-state index contributed by atoms with van der Waals surface area (Å²) in [7, 11) is 3.97. The summed E-state index contributed by atoms with van der Waals surface area (Å²) < 4.78 is 5.11. The minimum absolute atomic E-state index is 0.318. The van der Waals surface area contributed by atoms with Gasteiger partial charge in [-0.15, -0.1) is 0 Å². The Morgan fingerprint density at radius 2 is 2.19 bits per heavy atom. The van der Waals surface area contributed by atoms with Crippen molar-refractivity contribution in [3.63, 3.8) is 0 Å². The van der Waals surface area contributed by atoms with E-state index in [0.29, 0.717) is 17.2 Å². The fourth-order valence-corrected chi connectivity index (χ4v) is 1.43. The molecule has 0 saturated carbocycles. The Kier molecular flexibility index (Phi) is 5.29. The van der Waals surface area contributed by atoms with E-state index in [-0.39, 0.29) is 5.97 Å². The van der Waals surface area contributed by atoms with Gasteiger partial charge >= 0.3 is 5.97 Å². The summed E-state index contributed by atoms with van der Waals surface area (Å²) in [5.41, 5.74) is 0.498. The van der Waals surface area contributed by atoms with E-state index in [1.807, 2.05) is 19.0 Å². The van der Waals surface area contributed by atoms with Crippen LogP contribution in [0.4, 0.5) is 0 Å². The summed E-state index contributed by atoms with van der Waals surface area (Å²) in [5, 5.41) is 0.544. The van der Waals surface area contributed by atoms with Gasteiger partial charge in [-0.05, 0) is 38.7 Å². The van der Waals surface area contributed by atoms with E-state index in [4.69, 9.17) is 16.3 Å². The number of esters is 1. The van der Waals surface area contributed by atoms with Crippen LogP contribution in [0.25, 0.3) is 0 Å². The third-order valence-electron chi connectivity index (χ3n) is 2.04. The summed E-state index contributed by atoms with van der Waals surface area (Å²) in [5.74, 6) is -0.318. The van der Waals surface area contributed by atoms with Crippen LogP contribution in [0.5, 0.6) is 0 Å². The van der Waals surface area contributed by atoms with Gasteiger partial charge in [-0.2, -0.15) is 0 Å². The highest BCUT2D eigenvalue weighted by Gasteiger charge is 2.06. The molecule has 0 aliphatic rings. The lowest BCUT2D eigenvalue weighted by atomic mass is 10.2. The number of carbonyl (C=O) groups excluding carboxylic acids is 1. The summed E-state index contributed by atoms with van der Waals surface area (Å²) in [4.78, 5) is 13.6. The first-order valence-corrected chi connectivity index (χ1v) is 5.55. The molecule has 0 heterocycles. The van der Waals surface area contributed by atoms with Crippen molar-refractivity contribution in [3.8, 4) is 0 Å². The number of halogens is 1. The van der Waals surface area contributed by atoms with E-state index in [2.05, 4.69) is 0 Å². The summed E-state index contributed by atoms with van der Waals surface area (Å²) in [6.45, 7) is 1.34. The Bertz CT molecular complexity index is 353. The molecule has 0 amide bonds. The van der Waals surface area contributed by atoms with Crippen LogP contribution in [-0.2, 0) is 4.74 Å². The van der Waals surface area contributed by atoms with Crippen molar-refractivity contribution >= 4 is 17.6 Å². The van der Waals surface area contributed by atoms with E-state index < -0.39 is 0 Å². The molecule has 88 valence electrons. The smallest absolute Gasteiger partial charge is 0.338 e. The molecule has 4 heteroatoms. The molecule has 16 heavy (non-hydrogen) atoms. The highest BCUT2D eigenvalue weighted by atomic mass is 35.5. The van der Waals surface area contributed by atoms with Crippen LogP contribution in [0, 0.1) is 0 Å². The normalized spacial score (nSPS) is 10.5. The second-order valence-electron chi connectivity index (χ2n) is 3.80. The first-order chi connectivity index (χ1) is 7.59. The van der Waals surface area contributed by atoms with Crippen LogP contribution in [0.3, 0.4) is 0 Å². The number of carbonyl (C=O) groups is 1. The molecular formula is C12H16ClNO2. The van der Waals surface area contributed by atoms with Crippen molar-refractivity contribution in [2.45, 2.75) is 6.42 Å². The van der Waals surface area contributed by atoms with E-state index in [9.17, 15) is 4.79 Å². The number of hydrogen-bond acceptors (Lipinski definition) is 3. The Morgan fingerprint density at radius 1 is 1.44 bits per heavy atom. The maximum absolute atomic E-state index is 11.5. The lowest BCUT2D eigenvalue weighted by Crippen LogP contribution is -2.16. The minimum Gasteiger partial charge on any atom is -0.462 e. The van der Waals surface area contributed by atoms with E-state index in [0.717, 1.165) is 13.0 Å². The van der Waals surface area contributed by atoms with Crippen molar-refractivity contribution in [1.82, 2.24) is 4.90 Å². The molecule has 0 N–H and O–H groups in total. The van der Waals surface area contributed by atoms with Crippen molar-refractivity contribution in [3.05, 3.63) is 34.9 Å². The minimum atomic E-state index is -0.318. The van der Waals surface area contributed by atoms with Gasteiger partial charge in [0.05, 0.1) is 12.2 Å². The van der Waals surface area contributed by atoms with Crippen LogP contribution in [-0.4, -0.2) is 38.1 Å². The van der Waals surface area contributed by atoms with Gasteiger partial charge in [0.1, 0.15) is 0 Å². The first-order valence-electron chi connectivity index (χ1n) is 5.17. The molecular weight excluding hydrogens is 226 g/mol. The van der Waals surface area contributed by atoms with Crippen molar-refractivity contribution in [2.75, 3.05) is 27.2 Å². The van der Waals surface area contributed by atoms with Gasteiger partial charge in [0.2, 0.25) is 0 Å². The second-order valence-corrected chi connectivity index (χ2v) is 4.24. The molecule has 0 aromatic heterocycles. The Balaban J connectivity index is 2.35. The third kappa shape index (κ3) is 4.64. The zero-order chi connectivity index (χ0) is 12.0. The van der Waals surface area contributed by atoms with E-state index >= 15 is 0 Å². The topological polar surface area (TPSA) is 29.5 Å². The lowest BCUT2D eigenvalue weighted by Gasteiger charge is -2.09. The predicted octanol–water partition coefficient (Wildman–Crippen LogP) is 2.45. The summed E-state index contributed by atoms with van der Waals surface area (Å²) in [6.07, 6.45) is 0.833. The SMILES string of the molecule is CN(C)CCCOC(=O)c1cccc(Cl)c1. The van der Waals surface area contributed by atoms with Gasteiger partial charge in [-0.3, -0.25) is 0 Å². The maximum Gasteiger partial charge on any atom is 0.338 e. The first kappa shape index (κ1) is 13.0. The average Bonchev–Trinajstić information content (AvgIpc) is 2.24. The van der Waals surface area contributed by atoms with Crippen molar-refractivity contribution in [2.24, 2.45) is 0 Å². The summed E-state index contributed by atoms with van der Waals surface area (Å²) >= 11 is 5.78. The molecule has 0 spiro atoms. The fourth-order valence-electron chi connectivity index (χ4n) is 1.24. The van der Waals surface area contributed by atoms with Gasteiger partial charge in [-0.1, -0.05) is 17.7 Å². The molecule has 1 aromatic rings. The Hall–Kier alpha value is -1.06. The van der Waals surface area contributed by atoms with Gasteiger partial charge in [0.15, 0.2) is 0 Å². The van der Waals surface area contributed by atoms with Gasteiger partial charge in [0, 0.05) is 11.6 Å². The van der Waals surface area contributed by atoms with Crippen LogP contribution in [0.15, 0.2) is 24.3 Å². The van der Waals surface area contributed by atoms with E-state index in [1.54, 1.807) is 24.3 Å². The second kappa shape index (κ2) is 6.51. The average molecular weight is 242 g/mol. The third-order valence-corrected chi connectivity index (χ3v) is 2.28. The zero-order valence-corrected chi connectivity index (χ0v) is 10.3. The molecule has 0 saturated heterocycles. The molecule has 0 fully saturated rings. The van der Waals surface area contributed by atoms with Gasteiger partial charge in [-0.25, -0.2) is 4.79 Å².